The third kappa shape index (κ3) is 4.81. The summed E-state index contributed by atoms with van der Waals surface area (Å²) >= 11 is 0. The quantitative estimate of drug-likeness (QED) is 0.620. The summed E-state index contributed by atoms with van der Waals surface area (Å²) in [6, 6.07) is 0.731. The number of aliphatic hydroxyl groups is 1. The van der Waals surface area contributed by atoms with Gasteiger partial charge in [-0.05, 0) is 65.5 Å². The molecule has 16 heavy (non-hydrogen) atoms. The van der Waals surface area contributed by atoms with E-state index in [1.807, 2.05) is 6.92 Å². The molecule has 0 aliphatic heterocycles. The minimum Gasteiger partial charge on any atom is -0.389 e. The molecule has 3 heteroatoms. The van der Waals surface area contributed by atoms with Crippen molar-refractivity contribution in [2.45, 2.75) is 57.6 Å². The van der Waals surface area contributed by atoms with Crippen molar-refractivity contribution in [1.29, 1.82) is 0 Å². The van der Waals surface area contributed by atoms with E-state index in [4.69, 9.17) is 5.73 Å². The highest BCUT2D eigenvalue weighted by atomic mass is 16.3. The second kappa shape index (κ2) is 5.99. The Balaban J connectivity index is 2.06. The molecule has 2 atom stereocenters. The van der Waals surface area contributed by atoms with E-state index in [0.29, 0.717) is 6.54 Å². The molecule has 2 unspecified atom stereocenters. The van der Waals surface area contributed by atoms with Crippen LogP contribution in [0.1, 0.15) is 46.0 Å². The number of rotatable bonds is 8. The zero-order valence-corrected chi connectivity index (χ0v) is 11.1. The normalized spacial score (nSPS) is 22.1. The minimum atomic E-state index is -0.666. The van der Waals surface area contributed by atoms with E-state index >= 15 is 0 Å². The number of nitrogens with two attached hydrogens (primary N) is 1. The molecule has 1 aliphatic rings. The third-order valence-corrected chi connectivity index (χ3v) is 3.92. The van der Waals surface area contributed by atoms with Crippen LogP contribution in [0.25, 0.3) is 0 Å². The van der Waals surface area contributed by atoms with Gasteiger partial charge < -0.3 is 15.7 Å². The van der Waals surface area contributed by atoms with Crippen molar-refractivity contribution in [3.05, 3.63) is 0 Å². The predicted molar refractivity (Wildman–Crippen MR) is 68.3 cm³/mol. The SMILES string of the molecule is CC(C1CC1)N(C)CCCCC(C)(O)CN. The highest BCUT2D eigenvalue weighted by molar-refractivity contribution is 4.84. The van der Waals surface area contributed by atoms with Crippen LogP contribution >= 0.6 is 0 Å². The molecule has 3 N–H and O–H groups in total. The first-order valence-corrected chi connectivity index (χ1v) is 6.59. The molecule has 0 radical (unpaired) electrons. The standard InChI is InChI=1S/C13H28N2O/c1-11(12-6-7-12)15(3)9-5-4-8-13(2,16)10-14/h11-12,16H,4-10,14H2,1-3H3. The van der Waals surface area contributed by atoms with E-state index in [1.165, 1.54) is 12.8 Å². The van der Waals surface area contributed by atoms with Crippen molar-refractivity contribution in [3.8, 4) is 0 Å². The molecule has 1 rings (SSSR count). The Kier molecular flexibility index (Phi) is 5.22. The fourth-order valence-corrected chi connectivity index (χ4v) is 2.11. The van der Waals surface area contributed by atoms with Gasteiger partial charge in [0.05, 0.1) is 5.60 Å². The van der Waals surface area contributed by atoms with E-state index in [0.717, 1.165) is 37.8 Å². The third-order valence-electron chi connectivity index (χ3n) is 3.92. The maximum absolute atomic E-state index is 9.76. The molecule has 0 aromatic carbocycles. The first-order chi connectivity index (χ1) is 7.46. The van der Waals surface area contributed by atoms with Gasteiger partial charge in [-0.2, -0.15) is 0 Å². The highest BCUT2D eigenvalue weighted by Gasteiger charge is 2.30. The number of nitrogens with zero attached hydrogens (tertiary/aromatic N) is 1. The van der Waals surface area contributed by atoms with Gasteiger partial charge in [0, 0.05) is 12.6 Å². The van der Waals surface area contributed by atoms with Gasteiger partial charge in [-0.1, -0.05) is 0 Å². The fraction of sp³-hybridized carbons (Fsp3) is 1.00. The zero-order chi connectivity index (χ0) is 12.2. The van der Waals surface area contributed by atoms with Crippen LogP contribution < -0.4 is 5.73 Å². The molecule has 0 bridgehead atoms. The summed E-state index contributed by atoms with van der Waals surface area (Å²) < 4.78 is 0. The van der Waals surface area contributed by atoms with Crippen molar-refractivity contribution in [2.75, 3.05) is 20.1 Å². The molecule has 0 aromatic rings. The topological polar surface area (TPSA) is 49.5 Å². The van der Waals surface area contributed by atoms with Crippen LogP contribution in [0.5, 0.6) is 0 Å². The van der Waals surface area contributed by atoms with Crippen molar-refractivity contribution >= 4 is 0 Å². The predicted octanol–water partition coefficient (Wildman–Crippen LogP) is 1.60. The summed E-state index contributed by atoms with van der Waals surface area (Å²) in [6.07, 6.45) is 5.85. The molecule has 1 fully saturated rings. The second-order valence-electron chi connectivity index (χ2n) is 5.72. The summed E-state index contributed by atoms with van der Waals surface area (Å²) in [6.45, 7) is 5.65. The number of unbranched alkanes of at least 4 members (excludes halogenated alkanes) is 1. The largest absolute Gasteiger partial charge is 0.389 e. The van der Waals surface area contributed by atoms with Gasteiger partial charge in [-0.25, -0.2) is 0 Å². The van der Waals surface area contributed by atoms with Crippen LogP contribution in [0.15, 0.2) is 0 Å². The van der Waals surface area contributed by atoms with E-state index in [-0.39, 0.29) is 0 Å². The Hall–Kier alpha value is -0.120. The van der Waals surface area contributed by atoms with Crippen LogP contribution in [-0.4, -0.2) is 41.8 Å². The van der Waals surface area contributed by atoms with Gasteiger partial charge in [-0.3, -0.25) is 0 Å². The Labute approximate surface area is 100 Å². The Morgan fingerprint density at radius 3 is 2.56 bits per heavy atom. The lowest BCUT2D eigenvalue weighted by Crippen LogP contribution is -2.35. The van der Waals surface area contributed by atoms with Gasteiger partial charge in [0.1, 0.15) is 0 Å². The van der Waals surface area contributed by atoms with Gasteiger partial charge in [0.25, 0.3) is 0 Å². The van der Waals surface area contributed by atoms with E-state index in [1.54, 1.807) is 0 Å². The Morgan fingerprint density at radius 1 is 1.44 bits per heavy atom. The first kappa shape index (κ1) is 13.9. The summed E-state index contributed by atoms with van der Waals surface area (Å²) in [5.74, 6) is 0.942. The van der Waals surface area contributed by atoms with Gasteiger partial charge in [0.15, 0.2) is 0 Å². The zero-order valence-electron chi connectivity index (χ0n) is 11.1. The van der Waals surface area contributed by atoms with E-state index < -0.39 is 5.60 Å². The molecule has 0 saturated heterocycles. The van der Waals surface area contributed by atoms with Crippen LogP contribution in [0, 0.1) is 5.92 Å². The molecule has 96 valence electrons. The van der Waals surface area contributed by atoms with Crippen molar-refractivity contribution in [1.82, 2.24) is 4.90 Å². The van der Waals surface area contributed by atoms with Gasteiger partial charge in [-0.15, -0.1) is 0 Å². The van der Waals surface area contributed by atoms with Crippen LogP contribution in [-0.2, 0) is 0 Å². The highest BCUT2D eigenvalue weighted by Crippen LogP contribution is 2.34. The van der Waals surface area contributed by atoms with Gasteiger partial charge >= 0.3 is 0 Å². The minimum absolute atomic E-state index is 0.362. The summed E-state index contributed by atoms with van der Waals surface area (Å²) in [5.41, 5.74) is 4.82. The molecule has 1 aliphatic carbocycles. The molecule has 3 nitrogen and oxygen atoms in total. The monoisotopic (exact) mass is 228 g/mol. The summed E-state index contributed by atoms with van der Waals surface area (Å²) in [4.78, 5) is 2.45. The Morgan fingerprint density at radius 2 is 2.06 bits per heavy atom. The van der Waals surface area contributed by atoms with E-state index in [2.05, 4.69) is 18.9 Å². The van der Waals surface area contributed by atoms with Crippen LogP contribution in [0.2, 0.25) is 0 Å². The lowest BCUT2D eigenvalue weighted by atomic mass is 9.99. The average Bonchev–Trinajstić information content (AvgIpc) is 3.06. The maximum atomic E-state index is 9.76. The number of hydrogen-bond acceptors (Lipinski definition) is 3. The molecule has 0 heterocycles. The van der Waals surface area contributed by atoms with Crippen molar-refractivity contribution in [3.63, 3.8) is 0 Å². The lowest BCUT2D eigenvalue weighted by Gasteiger charge is -2.25. The maximum Gasteiger partial charge on any atom is 0.0741 e. The Bertz CT molecular complexity index is 202. The molecular weight excluding hydrogens is 200 g/mol. The lowest BCUT2D eigenvalue weighted by molar-refractivity contribution is 0.0561. The first-order valence-electron chi connectivity index (χ1n) is 6.59. The van der Waals surface area contributed by atoms with Crippen LogP contribution in [0.4, 0.5) is 0 Å². The molecule has 0 amide bonds. The number of hydrogen-bond donors (Lipinski definition) is 2. The van der Waals surface area contributed by atoms with Crippen LogP contribution in [0.3, 0.4) is 0 Å². The summed E-state index contributed by atoms with van der Waals surface area (Å²) in [7, 11) is 2.21. The van der Waals surface area contributed by atoms with Crippen molar-refractivity contribution in [2.24, 2.45) is 11.7 Å². The second-order valence-corrected chi connectivity index (χ2v) is 5.72. The molecule has 1 saturated carbocycles. The van der Waals surface area contributed by atoms with Crippen molar-refractivity contribution < 1.29 is 5.11 Å². The molecule has 0 aromatic heterocycles. The molecule has 0 spiro atoms. The smallest absolute Gasteiger partial charge is 0.0741 e. The average molecular weight is 228 g/mol. The fourth-order valence-electron chi connectivity index (χ4n) is 2.11. The molecular formula is C13H28N2O. The van der Waals surface area contributed by atoms with E-state index in [9.17, 15) is 5.11 Å². The summed E-state index contributed by atoms with van der Waals surface area (Å²) in [5, 5.41) is 9.76. The van der Waals surface area contributed by atoms with Gasteiger partial charge in [0.2, 0.25) is 0 Å².